The summed E-state index contributed by atoms with van der Waals surface area (Å²) < 4.78 is 41.6. The molecule has 0 spiro atoms. The molecule has 3 heterocycles. The molecule has 0 saturated heterocycles. The molecule has 0 saturated carbocycles. The van der Waals surface area contributed by atoms with Crippen LogP contribution < -0.4 is 5.73 Å². The summed E-state index contributed by atoms with van der Waals surface area (Å²) in [5, 5.41) is 4.17. The minimum atomic E-state index is -4.61. The molecule has 132 valence electrons. The molecule has 0 atom stereocenters. The number of fused-ring (bicyclic) bond motifs is 1. The van der Waals surface area contributed by atoms with Crippen LogP contribution >= 0.6 is 23.2 Å². The molecule has 0 aliphatic carbocycles. The second-order valence-electron chi connectivity index (χ2n) is 5.70. The lowest BCUT2D eigenvalue weighted by Crippen LogP contribution is -2.09. The lowest BCUT2D eigenvalue weighted by molar-refractivity contribution is -0.136. The first-order valence-corrected chi connectivity index (χ1v) is 7.93. The smallest absolute Gasteiger partial charge is 0.383 e. The number of hydrogen-bond acceptors (Lipinski definition) is 4. The van der Waals surface area contributed by atoms with Gasteiger partial charge >= 0.3 is 6.18 Å². The van der Waals surface area contributed by atoms with Gasteiger partial charge < -0.3 is 5.73 Å². The van der Waals surface area contributed by atoms with Crippen molar-refractivity contribution in [1.29, 1.82) is 0 Å². The Morgan fingerprint density at radius 1 is 1.20 bits per heavy atom. The zero-order valence-corrected chi connectivity index (χ0v) is 14.6. The van der Waals surface area contributed by atoms with E-state index in [1.54, 1.807) is 13.8 Å². The van der Waals surface area contributed by atoms with E-state index in [0.29, 0.717) is 0 Å². The van der Waals surface area contributed by atoms with Gasteiger partial charge in [-0.25, -0.2) is 9.97 Å². The largest absolute Gasteiger partial charge is 0.417 e. The molecule has 0 aliphatic heterocycles. The van der Waals surface area contributed by atoms with Crippen LogP contribution in [-0.2, 0) is 6.18 Å². The van der Waals surface area contributed by atoms with Crippen LogP contribution in [0.3, 0.4) is 0 Å². The van der Waals surface area contributed by atoms with Crippen LogP contribution in [0.1, 0.15) is 31.0 Å². The van der Waals surface area contributed by atoms with E-state index < -0.39 is 11.7 Å². The Morgan fingerprint density at radius 3 is 2.44 bits per heavy atom. The van der Waals surface area contributed by atoms with Gasteiger partial charge in [-0.2, -0.15) is 17.9 Å². The van der Waals surface area contributed by atoms with E-state index in [-0.39, 0.29) is 44.3 Å². The number of nitrogens with two attached hydrogens (primary N) is 1. The van der Waals surface area contributed by atoms with E-state index in [9.17, 15) is 13.2 Å². The fourth-order valence-electron chi connectivity index (χ4n) is 2.37. The Bertz CT molecular complexity index is 966. The Balaban J connectivity index is 2.36. The minimum absolute atomic E-state index is 0.0702. The highest BCUT2D eigenvalue weighted by Gasteiger charge is 2.36. The molecule has 25 heavy (non-hydrogen) atoms. The van der Waals surface area contributed by atoms with Crippen molar-refractivity contribution in [2.24, 2.45) is 0 Å². The molecule has 2 N–H and O–H groups in total. The second kappa shape index (κ2) is 6.03. The van der Waals surface area contributed by atoms with E-state index >= 15 is 0 Å². The molecule has 0 aliphatic rings. The van der Waals surface area contributed by atoms with Gasteiger partial charge in [0, 0.05) is 11.9 Å². The van der Waals surface area contributed by atoms with Crippen molar-refractivity contribution >= 4 is 40.1 Å². The molecule has 5 nitrogen and oxygen atoms in total. The monoisotopic (exact) mass is 389 g/mol. The molecule has 0 bridgehead atoms. The zero-order chi connectivity index (χ0) is 18.5. The van der Waals surface area contributed by atoms with Crippen LogP contribution in [-0.4, -0.2) is 19.7 Å². The molecule has 3 rings (SSSR count). The van der Waals surface area contributed by atoms with Crippen LogP contribution in [0.2, 0.25) is 10.0 Å². The summed E-state index contributed by atoms with van der Waals surface area (Å²) in [5.41, 5.74) is 5.18. The third-order valence-electron chi connectivity index (χ3n) is 3.59. The maximum absolute atomic E-state index is 13.5. The standard InChI is InChI=1S/C15H12Cl2F3N5/c1-6(2)10-4-8(15(18,19)20)11-12(21)25(24-13(11)23-10)14-9(17)3-7(16)5-22-14/h3-6H,21H2,1-2H3. The molecule has 3 aromatic heterocycles. The first-order valence-electron chi connectivity index (χ1n) is 7.17. The predicted molar refractivity (Wildman–Crippen MR) is 90.2 cm³/mol. The molecular formula is C15H12Cl2F3N5. The van der Waals surface area contributed by atoms with Gasteiger partial charge in [-0.05, 0) is 18.1 Å². The number of halogens is 5. The molecular weight excluding hydrogens is 378 g/mol. The summed E-state index contributed by atoms with van der Waals surface area (Å²) in [6, 6.07) is 2.39. The number of anilines is 1. The van der Waals surface area contributed by atoms with Gasteiger partial charge in [-0.3, -0.25) is 0 Å². The Hall–Kier alpha value is -2.06. The van der Waals surface area contributed by atoms with Gasteiger partial charge in [0.1, 0.15) is 5.82 Å². The van der Waals surface area contributed by atoms with Crippen molar-refractivity contribution in [1.82, 2.24) is 19.7 Å². The van der Waals surface area contributed by atoms with Crippen molar-refractivity contribution in [3.05, 3.63) is 39.6 Å². The van der Waals surface area contributed by atoms with Crippen LogP contribution in [0.25, 0.3) is 16.9 Å². The number of pyridine rings is 2. The molecule has 0 unspecified atom stereocenters. The van der Waals surface area contributed by atoms with Crippen LogP contribution in [0.15, 0.2) is 18.3 Å². The maximum atomic E-state index is 13.5. The van der Waals surface area contributed by atoms with Crippen LogP contribution in [0, 0.1) is 0 Å². The Kier molecular flexibility index (Phi) is 4.28. The van der Waals surface area contributed by atoms with Crippen molar-refractivity contribution in [2.75, 3.05) is 5.73 Å². The van der Waals surface area contributed by atoms with Gasteiger partial charge in [0.25, 0.3) is 0 Å². The minimum Gasteiger partial charge on any atom is -0.383 e. The van der Waals surface area contributed by atoms with E-state index in [1.807, 2.05) is 0 Å². The predicted octanol–water partition coefficient (Wildman–Crippen LogP) is 4.85. The third kappa shape index (κ3) is 3.11. The fraction of sp³-hybridized carbons (Fsp3) is 0.267. The van der Waals surface area contributed by atoms with E-state index in [2.05, 4.69) is 15.1 Å². The molecule has 0 fully saturated rings. The highest BCUT2D eigenvalue weighted by molar-refractivity contribution is 6.35. The average molecular weight is 390 g/mol. The number of hydrogen-bond donors (Lipinski definition) is 1. The van der Waals surface area contributed by atoms with Gasteiger partial charge in [0.05, 0.1) is 21.0 Å². The molecule has 10 heteroatoms. The van der Waals surface area contributed by atoms with Crippen molar-refractivity contribution < 1.29 is 13.2 Å². The average Bonchev–Trinajstić information content (AvgIpc) is 2.82. The molecule has 0 radical (unpaired) electrons. The van der Waals surface area contributed by atoms with E-state index in [1.165, 1.54) is 12.3 Å². The fourth-order valence-corrected chi connectivity index (χ4v) is 2.83. The SMILES string of the molecule is CC(C)c1cc(C(F)(F)F)c2c(N)n(-c3ncc(Cl)cc3Cl)nc2n1. The van der Waals surface area contributed by atoms with Crippen LogP contribution in [0.4, 0.5) is 19.0 Å². The van der Waals surface area contributed by atoms with Crippen LogP contribution in [0.5, 0.6) is 0 Å². The summed E-state index contributed by atoms with van der Waals surface area (Å²) in [5.74, 6) is -0.392. The second-order valence-corrected chi connectivity index (χ2v) is 6.55. The van der Waals surface area contributed by atoms with E-state index in [4.69, 9.17) is 28.9 Å². The number of nitrogen functional groups attached to an aromatic ring is 1. The number of rotatable bonds is 2. The summed E-state index contributed by atoms with van der Waals surface area (Å²) in [6.45, 7) is 3.48. The Morgan fingerprint density at radius 2 is 1.88 bits per heavy atom. The van der Waals surface area contributed by atoms with Crippen molar-refractivity contribution in [3.63, 3.8) is 0 Å². The lowest BCUT2D eigenvalue weighted by Gasteiger charge is -2.12. The van der Waals surface area contributed by atoms with Gasteiger partial charge in [-0.1, -0.05) is 37.0 Å². The first-order chi connectivity index (χ1) is 11.6. The lowest BCUT2D eigenvalue weighted by atomic mass is 10.0. The van der Waals surface area contributed by atoms with Gasteiger partial charge in [0.2, 0.25) is 0 Å². The normalized spacial score (nSPS) is 12.3. The number of alkyl halides is 3. The van der Waals surface area contributed by atoms with Gasteiger partial charge in [0.15, 0.2) is 11.5 Å². The number of nitrogens with zero attached hydrogens (tertiary/aromatic N) is 4. The zero-order valence-electron chi connectivity index (χ0n) is 13.1. The maximum Gasteiger partial charge on any atom is 0.417 e. The third-order valence-corrected chi connectivity index (χ3v) is 4.07. The molecule has 0 amide bonds. The van der Waals surface area contributed by atoms with Crippen molar-refractivity contribution in [3.8, 4) is 5.82 Å². The summed E-state index contributed by atoms with van der Waals surface area (Å²) >= 11 is 11.9. The highest BCUT2D eigenvalue weighted by atomic mass is 35.5. The van der Waals surface area contributed by atoms with E-state index in [0.717, 1.165) is 10.7 Å². The van der Waals surface area contributed by atoms with Gasteiger partial charge in [-0.15, -0.1) is 5.10 Å². The quantitative estimate of drug-likeness (QED) is 0.680. The topological polar surface area (TPSA) is 69.6 Å². The summed E-state index contributed by atoms with van der Waals surface area (Å²) in [7, 11) is 0. The Labute approximate surface area is 150 Å². The first kappa shape index (κ1) is 17.8. The molecule has 3 aromatic rings. The molecule has 0 aromatic carbocycles. The van der Waals surface area contributed by atoms with Crippen molar-refractivity contribution in [2.45, 2.75) is 25.9 Å². The number of aromatic nitrogens is 4. The summed E-state index contributed by atoms with van der Waals surface area (Å²) in [4.78, 5) is 8.20. The highest BCUT2D eigenvalue weighted by Crippen LogP contribution is 2.39. The summed E-state index contributed by atoms with van der Waals surface area (Å²) in [6.07, 6.45) is -3.31.